The van der Waals surface area contributed by atoms with Crippen LogP contribution in [-0.4, -0.2) is 37.1 Å². The Balaban J connectivity index is 1.75. The van der Waals surface area contributed by atoms with E-state index in [9.17, 15) is 13.6 Å². The molecule has 35 heavy (non-hydrogen) atoms. The maximum absolute atomic E-state index is 14.3. The van der Waals surface area contributed by atoms with E-state index in [0.29, 0.717) is 31.6 Å². The summed E-state index contributed by atoms with van der Waals surface area (Å²) in [5, 5.41) is 0. The van der Waals surface area contributed by atoms with Crippen LogP contribution in [0.5, 0.6) is 0 Å². The van der Waals surface area contributed by atoms with Crippen LogP contribution < -0.4 is 0 Å². The first kappa shape index (κ1) is 27.5. The quantitative estimate of drug-likeness (QED) is 0.304. The number of methoxy groups -OCH3 is 1. The Labute approximate surface area is 208 Å². The van der Waals surface area contributed by atoms with Gasteiger partial charge in [0, 0.05) is 50.4 Å². The Bertz CT molecular complexity index is 903. The van der Waals surface area contributed by atoms with Gasteiger partial charge in [0.15, 0.2) is 5.78 Å². The first-order valence-corrected chi connectivity index (χ1v) is 12.9. The second-order valence-electron chi connectivity index (χ2n) is 9.84. The summed E-state index contributed by atoms with van der Waals surface area (Å²) >= 11 is 0. The molecule has 0 aromatic heterocycles. The van der Waals surface area contributed by atoms with Crippen LogP contribution in [0.15, 0.2) is 53.3 Å². The minimum Gasteiger partial charge on any atom is -0.501 e. The van der Waals surface area contributed by atoms with Crippen molar-refractivity contribution in [3.8, 4) is 0 Å². The number of carbonyl (C=O) groups excluding carboxylic acids is 1. The normalized spacial score (nSPS) is 25.4. The fourth-order valence-electron chi connectivity index (χ4n) is 5.54. The highest BCUT2D eigenvalue weighted by Gasteiger charge is 2.42. The third-order valence-corrected chi connectivity index (χ3v) is 7.11. The summed E-state index contributed by atoms with van der Waals surface area (Å²) in [4.78, 5) is 13.1. The fraction of sp³-hybridized carbons (Fsp3) is 0.621. The summed E-state index contributed by atoms with van der Waals surface area (Å²) in [7, 11) is 1.47. The Morgan fingerprint density at radius 2 is 1.91 bits per heavy atom. The monoisotopic (exact) mass is 490 g/mol. The third kappa shape index (κ3) is 7.23. The molecule has 2 aliphatic rings. The Morgan fingerprint density at radius 1 is 1.17 bits per heavy atom. The maximum atomic E-state index is 14.3. The van der Waals surface area contributed by atoms with Gasteiger partial charge in [0.05, 0.1) is 30.7 Å². The summed E-state index contributed by atoms with van der Waals surface area (Å²) in [5.41, 5.74) is 0.774. The molecule has 1 saturated heterocycles. The van der Waals surface area contributed by atoms with E-state index in [1.807, 2.05) is 25.1 Å². The van der Waals surface area contributed by atoms with E-state index >= 15 is 0 Å². The van der Waals surface area contributed by atoms with Crippen LogP contribution >= 0.6 is 0 Å². The number of halogens is 2. The molecule has 1 aliphatic heterocycles. The van der Waals surface area contributed by atoms with Gasteiger partial charge in [-0.25, -0.2) is 8.78 Å². The van der Waals surface area contributed by atoms with Gasteiger partial charge >= 0.3 is 0 Å². The zero-order valence-electron chi connectivity index (χ0n) is 21.6. The van der Waals surface area contributed by atoms with Crippen molar-refractivity contribution in [3.63, 3.8) is 0 Å². The van der Waals surface area contributed by atoms with Crippen LogP contribution in [-0.2, 0) is 19.0 Å². The highest BCUT2D eigenvalue weighted by atomic mass is 19.3. The SMILES string of the molecule is CCCC1(CCCC(=O)C2=C(C(C)(F)F)C=C(OC)CC2)CC(OCC)CC(c2ccccc2)O1. The first-order chi connectivity index (χ1) is 16.7. The lowest BCUT2D eigenvalue weighted by Gasteiger charge is -2.45. The highest BCUT2D eigenvalue weighted by Crippen LogP contribution is 2.44. The van der Waals surface area contributed by atoms with Gasteiger partial charge < -0.3 is 14.2 Å². The molecular weight excluding hydrogens is 450 g/mol. The van der Waals surface area contributed by atoms with Gasteiger partial charge in [-0.05, 0) is 44.2 Å². The Hall–Kier alpha value is -2.05. The molecule has 0 saturated carbocycles. The lowest BCUT2D eigenvalue weighted by Crippen LogP contribution is -2.44. The number of benzene rings is 1. The molecule has 3 rings (SSSR count). The lowest BCUT2D eigenvalue weighted by atomic mass is 9.80. The summed E-state index contributed by atoms with van der Waals surface area (Å²) in [6.45, 7) is 5.64. The Kier molecular flexibility index (Phi) is 9.65. The molecule has 0 radical (unpaired) electrons. The highest BCUT2D eigenvalue weighted by molar-refractivity contribution is 5.97. The van der Waals surface area contributed by atoms with Gasteiger partial charge in [0.25, 0.3) is 5.92 Å². The van der Waals surface area contributed by atoms with Gasteiger partial charge in [-0.3, -0.25) is 4.79 Å². The number of hydrogen-bond acceptors (Lipinski definition) is 4. The molecule has 1 heterocycles. The molecule has 3 atom stereocenters. The number of ether oxygens (including phenoxy) is 3. The van der Waals surface area contributed by atoms with E-state index in [4.69, 9.17) is 14.2 Å². The van der Waals surface area contributed by atoms with Crippen molar-refractivity contribution in [2.45, 2.75) is 102 Å². The molecule has 1 aromatic rings. The molecule has 1 aromatic carbocycles. The largest absolute Gasteiger partial charge is 0.501 e. The Morgan fingerprint density at radius 3 is 2.54 bits per heavy atom. The van der Waals surface area contributed by atoms with Crippen LogP contribution in [0.25, 0.3) is 0 Å². The summed E-state index contributed by atoms with van der Waals surface area (Å²) < 4.78 is 46.6. The molecule has 0 spiro atoms. The van der Waals surface area contributed by atoms with Crippen LogP contribution in [0, 0.1) is 0 Å². The summed E-state index contributed by atoms with van der Waals surface area (Å²) in [5.74, 6) is -2.79. The molecule has 194 valence electrons. The number of hydrogen-bond donors (Lipinski definition) is 0. The molecular formula is C29H40F2O4. The first-order valence-electron chi connectivity index (χ1n) is 12.9. The van der Waals surface area contributed by atoms with Crippen molar-refractivity contribution >= 4 is 5.78 Å². The maximum Gasteiger partial charge on any atom is 0.271 e. The van der Waals surface area contributed by atoms with Crippen LogP contribution in [0.3, 0.4) is 0 Å². The van der Waals surface area contributed by atoms with Crippen molar-refractivity contribution < 1.29 is 27.8 Å². The number of ketones is 1. The zero-order chi connectivity index (χ0) is 25.5. The van der Waals surface area contributed by atoms with E-state index < -0.39 is 11.5 Å². The molecule has 0 amide bonds. The third-order valence-electron chi connectivity index (χ3n) is 7.11. The number of allylic oxidation sites excluding steroid dienone is 4. The average molecular weight is 491 g/mol. The van der Waals surface area contributed by atoms with Crippen molar-refractivity contribution in [2.75, 3.05) is 13.7 Å². The van der Waals surface area contributed by atoms with E-state index in [1.165, 1.54) is 13.2 Å². The molecule has 4 nitrogen and oxygen atoms in total. The molecule has 1 aliphatic carbocycles. The number of alkyl halides is 2. The lowest BCUT2D eigenvalue weighted by molar-refractivity contribution is -0.182. The van der Waals surface area contributed by atoms with Gasteiger partial charge in [0.2, 0.25) is 0 Å². The summed E-state index contributed by atoms with van der Waals surface area (Å²) in [6, 6.07) is 10.2. The van der Waals surface area contributed by atoms with Crippen molar-refractivity contribution in [1.29, 1.82) is 0 Å². The fourth-order valence-corrected chi connectivity index (χ4v) is 5.54. The van der Waals surface area contributed by atoms with Crippen molar-refractivity contribution in [1.82, 2.24) is 0 Å². The van der Waals surface area contributed by atoms with Crippen molar-refractivity contribution in [3.05, 3.63) is 58.9 Å². The minimum atomic E-state index is -3.08. The number of rotatable bonds is 12. The van der Waals surface area contributed by atoms with E-state index in [-0.39, 0.29) is 42.0 Å². The smallest absolute Gasteiger partial charge is 0.271 e. The van der Waals surface area contributed by atoms with Gasteiger partial charge in [0.1, 0.15) is 0 Å². The second kappa shape index (κ2) is 12.3. The van der Waals surface area contributed by atoms with Gasteiger partial charge in [-0.1, -0.05) is 43.7 Å². The van der Waals surface area contributed by atoms with E-state index in [2.05, 4.69) is 19.1 Å². The van der Waals surface area contributed by atoms with Gasteiger partial charge in [-0.2, -0.15) is 0 Å². The molecule has 1 fully saturated rings. The second-order valence-corrected chi connectivity index (χ2v) is 9.84. The standard InChI is InChI=1S/C29H40F2O4/c1-5-16-29(20-23(34-6-2)19-27(35-29)21-11-8-7-9-12-21)17-10-13-26(32)24-15-14-22(33-4)18-25(24)28(3,30)31/h7-9,11-12,18,23,27H,5-6,10,13-17,19-20H2,1-4H3. The van der Waals surface area contributed by atoms with E-state index in [1.54, 1.807) is 0 Å². The number of Topliss-reactive ketones (excluding diaryl/α,β-unsaturated/α-hetero) is 1. The zero-order valence-corrected chi connectivity index (χ0v) is 21.6. The van der Waals surface area contributed by atoms with Crippen LogP contribution in [0.2, 0.25) is 0 Å². The molecule has 0 N–H and O–H groups in total. The molecule has 0 bridgehead atoms. The van der Waals surface area contributed by atoms with E-state index in [0.717, 1.165) is 38.2 Å². The summed E-state index contributed by atoms with van der Waals surface area (Å²) in [6.07, 6.45) is 7.06. The van der Waals surface area contributed by atoms with Crippen molar-refractivity contribution in [2.24, 2.45) is 0 Å². The predicted octanol–water partition coefficient (Wildman–Crippen LogP) is 7.50. The number of carbonyl (C=O) groups is 1. The average Bonchev–Trinajstić information content (AvgIpc) is 2.84. The van der Waals surface area contributed by atoms with Crippen LogP contribution in [0.1, 0.15) is 90.2 Å². The molecule has 3 unspecified atom stereocenters. The topological polar surface area (TPSA) is 44.8 Å². The van der Waals surface area contributed by atoms with Crippen LogP contribution in [0.4, 0.5) is 8.78 Å². The van der Waals surface area contributed by atoms with Gasteiger partial charge in [-0.15, -0.1) is 0 Å². The minimum absolute atomic E-state index is 0.0622. The molecule has 6 heteroatoms. The predicted molar refractivity (Wildman–Crippen MR) is 133 cm³/mol.